The fraction of sp³-hybridized carbons (Fsp3) is 0.0455. The summed E-state index contributed by atoms with van der Waals surface area (Å²) in [5.74, 6) is 0.345. The lowest BCUT2D eigenvalue weighted by molar-refractivity contribution is 0.101. The molecule has 0 bridgehead atoms. The van der Waals surface area contributed by atoms with Crippen LogP contribution in [-0.4, -0.2) is 20.7 Å². The second kappa shape index (κ2) is 8.31. The summed E-state index contributed by atoms with van der Waals surface area (Å²) in [4.78, 5) is 17.4. The Labute approximate surface area is 185 Å². The van der Waals surface area contributed by atoms with Gasteiger partial charge >= 0.3 is 0 Å². The summed E-state index contributed by atoms with van der Waals surface area (Å²) in [5.41, 5.74) is 3.39. The molecule has 1 N–H and O–H groups in total. The van der Waals surface area contributed by atoms with Crippen molar-refractivity contribution < 1.29 is 4.79 Å². The van der Waals surface area contributed by atoms with E-state index < -0.39 is 0 Å². The quantitative estimate of drug-likeness (QED) is 0.364. The van der Waals surface area contributed by atoms with E-state index in [0.29, 0.717) is 5.82 Å². The van der Waals surface area contributed by atoms with Gasteiger partial charge in [-0.3, -0.25) is 4.79 Å². The Morgan fingerprint density at radius 1 is 0.897 bits per heavy atom. The van der Waals surface area contributed by atoms with Gasteiger partial charge in [-0.15, -0.1) is 5.10 Å². The number of halogens is 2. The Morgan fingerprint density at radius 3 is 2.17 bits per heavy atom. The predicted molar refractivity (Wildman–Crippen MR) is 121 cm³/mol. The molecule has 0 fully saturated rings. The Morgan fingerprint density at radius 2 is 1.52 bits per heavy atom. The van der Waals surface area contributed by atoms with Crippen LogP contribution in [0.5, 0.6) is 0 Å². The molecule has 144 valence electrons. The van der Waals surface area contributed by atoms with Gasteiger partial charge < -0.3 is 5.32 Å². The van der Waals surface area contributed by atoms with Crippen molar-refractivity contribution in [1.29, 1.82) is 0 Å². The lowest BCUT2D eigenvalue weighted by atomic mass is 10.2. The fourth-order valence-electron chi connectivity index (χ4n) is 2.85. The van der Waals surface area contributed by atoms with E-state index in [4.69, 9.17) is 0 Å². The van der Waals surface area contributed by atoms with Crippen molar-refractivity contribution in [2.45, 2.75) is 6.92 Å². The molecule has 1 amide bonds. The van der Waals surface area contributed by atoms with E-state index in [0.717, 1.165) is 31.4 Å². The third kappa shape index (κ3) is 4.31. The topological polar surface area (TPSA) is 59.8 Å². The van der Waals surface area contributed by atoms with Gasteiger partial charge in [0.2, 0.25) is 5.82 Å². The lowest BCUT2D eigenvalue weighted by Gasteiger charge is -2.06. The molecule has 0 unspecified atom stereocenters. The highest BCUT2D eigenvalue weighted by Gasteiger charge is 2.19. The zero-order chi connectivity index (χ0) is 20.4. The highest BCUT2D eigenvalue weighted by molar-refractivity contribution is 9.10. The minimum absolute atomic E-state index is 0.106. The number of aromatic nitrogens is 3. The first-order valence-electron chi connectivity index (χ1n) is 8.87. The van der Waals surface area contributed by atoms with E-state index in [9.17, 15) is 4.79 Å². The standard InChI is InChI=1S/C22H16Br2N4O/c1-14-4-2-3-5-19(14)25-22(29)20-26-21(15-6-8-16(23)9-7-15)28(27-20)18-12-10-17(24)11-13-18/h2-13H,1H3,(H,25,29). The summed E-state index contributed by atoms with van der Waals surface area (Å²) >= 11 is 6.90. The number of para-hydroxylation sites is 1. The van der Waals surface area contributed by atoms with Gasteiger partial charge in [-0.1, -0.05) is 62.2 Å². The first-order valence-corrected chi connectivity index (χ1v) is 10.5. The molecule has 3 aromatic carbocycles. The summed E-state index contributed by atoms with van der Waals surface area (Å²) in [5, 5.41) is 7.40. The number of anilines is 1. The highest BCUT2D eigenvalue weighted by atomic mass is 79.9. The molecule has 0 saturated heterocycles. The monoisotopic (exact) mass is 510 g/mol. The van der Waals surface area contributed by atoms with Crippen molar-refractivity contribution in [3.63, 3.8) is 0 Å². The largest absolute Gasteiger partial charge is 0.319 e. The van der Waals surface area contributed by atoms with Crippen LogP contribution >= 0.6 is 31.9 Å². The molecular formula is C22H16Br2N4O. The second-order valence-electron chi connectivity index (χ2n) is 6.42. The third-order valence-corrected chi connectivity index (χ3v) is 5.43. The zero-order valence-electron chi connectivity index (χ0n) is 15.4. The van der Waals surface area contributed by atoms with E-state index in [-0.39, 0.29) is 11.7 Å². The molecule has 4 rings (SSSR count). The van der Waals surface area contributed by atoms with Gasteiger partial charge in [0, 0.05) is 20.2 Å². The second-order valence-corrected chi connectivity index (χ2v) is 8.25. The average molecular weight is 512 g/mol. The number of nitrogens with one attached hydrogen (secondary N) is 1. The molecule has 1 aromatic heterocycles. The predicted octanol–water partition coefficient (Wildman–Crippen LogP) is 6.02. The number of hydrogen-bond acceptors (Lipinski definition) is 3. The summed E-state index contributed by atoms with van der Waals surface area (Å²) in [6.45, 7) is 1.94. The van der Waals surface area contributed by atoms with Crippen molar-refractivity contribution in [3.05, 3.63) is 93.1 Å². The molecule has 0 radical (unpaired) electrons. The van der Waals surface area contributed by atoms with Gasteiger partial charge in [-0.05, 0) is 55.0 Å². The molecule has 0 aliphatic heterocycles. The van der Waals surface area contributed by atoms with Crippen molar-refractivity contribution in [2.75, 3.05) is 5.32 Å². The molecular weight excluding hydrogens is 496 g/mol. The highest BCUT2D eigenvalue weighted by Crippen LogP contribution is 2.24. The van der Waals surface area contributed by atoms with Crippen LogP contribution in [0.3, 0.4) is 0 Å². The maximum atomic E-state index is 12.8. The Bertz CT molecular complexity index is 1110. The van der Waals surface area contributed by atoms with E-state index >= 15 is 0 Å². The first kappa shape index (κ1) is 19.5. The number of carbonyl (C=O) groups is 1. The SMILES string of the molecule is Cc1ccccc1NC(=O)c1nc(-c2ccc(Br)cc2)n(-c2ccc(Br)cc2)n1. The summed E-state index contributed by atoms with van der Waals surface area (Å²) < 4.78 is 3.61. The summed E-state index contributed by atoms with van der Waals surface area (Å²) in [6, 6.07) is 23.0. The Balaban J connectivity index is 1.76. The Kier molecular flexibility index (Phi) is 5.60. The lowest BCUT2D eigenvalue weighted by Crippen LogP contribution is -2.15. The average Bonchev–Trinajstić information content (AvgIpc) is 3.16. The van der Waals surface area contributed by atoms with E-state index in [1.807, 2.05) is 79.7 Å². The van der Waals surface area contributed by atoms with Crippen LogP contribution in [-0.2, 0) is 0 Å². The fourth-order valence-corrected chi connectivity index (χ4v) is 3.38. The first-order chi connectivity index (χ1) is 14.0. The van der Waals surface area contributed by atoms with Gasteiger partial charge in [-0.2, -0.15) is 0 Å². The van der Waals surface area contributed by atoms with Crippen LogP contribution in [0.2, 0.25) is 0 Å². The van der Waals surface area contributed by atoms with Gasteiger partial charge in [0.25, 0.3) is 5.91 Å². The minimum Gasteiger partial charge on any atom is -0.319 e. The van der Waals surface area contributed by atoms with Crippen LogP contribution in [0, 0.1) is 6.92 Å². The van der Waals surface area contributed by atoms with Crippen molar-refractivity contribution in [2.24, 2.45) is 0 Å². The Hall–Kier alpha value is -2.77. The van der Waals surface area contributed by atoms with Crippen LogP contribution in [0.25, 0.3) is 17.1 Å². The molecule has 0 atom stereocenters. The van der Waals surface area contributed by atoms with Crippen molar-refractivity contribution in [1.82, 2.24) is 14.8 Å². The number of hydrogen-bond donors (Lipinski definition) is 1. The van der Waals surface area contributed by atoms with Crippen molar-refractivity contribution in [3.8, 4) is 17.1 Å². The molecule has 0 aliphatic carbocycles. The van der Waals surface area contributed by atoms with Crippen LogP contribution in [0.1, 0.15) is 16.2 Å². The number of aryl methyl sites for hydroxylation is 1. The van der Waals surface area contributed by atoms with E-state index in [1.165, 1.54) is 0 Å². The number of nitrogens with zero attached hydrogens (tertiary/aromatic N) is 3. The number of rotatable bonds is 4. The van der Waals surface area contributed by atoms with Gasteiger partial charge in [0.15, 0.2) is 5.82 Å². The third-order valence-electron chi connectivity index (χ3n) is 4.38. The number of amides is 1. The van der Waals surface area contributed by atoms with Crippen LogP contribution < -0.4 is 5.32 Å². The molecule has 4 aromatic rings. The molecule has 5 nitrogen and oxygen atoms in total. The van der Waals surface area contributed by atoms with E-state index in [2.05, 4.69) is 47.3 Å². The van der Waals surface area contributed by atoms with Gasteiger partial charge in [0.05, 0.1) is 5.69 Å². The normalized spacial score (nSPS) is 10.7. The molecule has 0 saturated carbocycles. The van der Waals surface area contributed by atoms with Crippen LogP contribution in [0.15, 0.2) is 81.7 Å². The van der Waals surface area contributed by atoms with Crippen LogP contribution in [0.4, 0.5) is 5.69 Å². The number of benzene rings is 3. The molecule has 0 spiro atoms. The molecule has 1 heterocycles. The zero-order valence-corrected chi connectivity index (χ0v) is 18.6. The summed E-state index contributed by atoms with van der Waals surface area (Å²) in [6.07, 6.45) is 0. The molecule has 7 heteroatoms. The van der Waals surface area contributed by atoms with Gasteiger partial charge in [0.1, 0.15) is 0 Å². The maximum Gasteiger partial charge on any atom is 0.295 e. The van der Waals surface area contributed by atoms with Gasteiger partial charge in [-0.25, -0.2) is 9.67 Å². The smallest absolute Gasteiger partial charge is 0.295 e. The molecule has 0 aliphatic rings. The minimum atomic E-state index is -0.353. The molecule has 29 heavy (non-hydrogen) atoms. The van der Waals surface area contributed by atoms with Crippen molar-refractivity contribution >= 4 is 43.5 Å². The number of carbonyl (C=O) groups excluding carboxylic acids is 1. The maximum absolute atomic E-state index is 12.8. The van der Waals surface area contributed by atoms with E-state index in [1.54, 1.807) is 4.68 Å². The summed E-state index contributed by atoms with van der Waals surface area (Å²) in [7, 11) is 0.